The van der Waals surface area contributed by atoms with Gasteiger partial charge < -0.3 is 85.0 Å². The highest BCUT2D eigenvalue weighted by atomic mass is 16.3. The van der Waals surface area contributed by atoms with Crippen LogP contribution in [0.1, 0.15) is 90.1 Å². The standard InChI is InChI=1S/C40H67N15O13/c1-19(41)31(59)48-20(2)32(60)51-25(11-8-14-47-40(43)44)34(62)52-24(10-6-7-13-46-38(66)28-16-45-18-68-28)35(63)53-26(17-56)36(64)50-22(4)39(67)55-15-9-12-27(55)37(65)49-21(3)33(61)54-29(23(5)57)30(42)58/h16,18-27,29,56-57H,6-15,17,41H2,1-5H3,(H2,42,58)(H,46,66)(H,48,59)(H,49,65)(H,50,64)(H,51,60)(H,52,62)(H,53,63)(H,54,61)(H4,43,44,47)/t19-,20-,21-,22-,23+,24-,25-,26-,27-,29-/m0/s1. The van der Waals surface area contributed by atoms with Gasteiger partial charge in [-0.15, -0.1) is 0 Å². The molecule has 0 aromatic carbocycles. The molecular formula is C40H67N15O13. The molecule has 10 amide bonds. The Kier molecular flexibility index (Phi) is 23.8. The van der Waals surface area contributed by atoms with E-state index < -0.39 is 126 Å². The summed E-state index contributed by atoms with van der Waals surface area (Å²) in [5.74, 6) is -8.27. The van der Waals surface area contributed by atoms with Crippen molar-refractivity contribution in [2.24, 2.45) is 27.9 Å². The Balaban J connectivity index is 2.22. The summed E-state index contributed by atoms with van der Waals surface area (Å²) in [6.45, 7) is 5.96. The molecule has 1 aliphatic rings. The van der Waals surface area contributed by atoms with E-state index in [9.17, 15) is 58.2 Å². The minimum atomic E-state index is -1.68. The van der Waals surface area contributed by atoms with E-state index in [-0.39, 0.29) is 69.9 Å². The van der Waals surface area contributed by atoms with E-state index in [1.165, 1.54) is 45.7 Å². The minimum Gasteiger partial charge on any atom is -0.438 e. The van der Waals surface area contributed by atoms with Gasteiger partial charge in [-0.05, 0) is 79.6 Å². The van der Waals surface area contributed by atoms with Crippen LogP contribution in [0.15, 0.2) is 22.0 Å². The average molecular weight is 966 g/mol. The van der Waals surface area contributed by atoms with Crippen molar-refractivity contribution >= 4 is 65.0 Å². The number of nitrogens with one attached hydrogen (secondary N) is 8. The molecule has 0 aliphatic carbocycles. The van der Waals surface area contributed by atoms with Crippen LogP contribution < -0.4 is 65.5 Å². The third-order valence-corrected chi connectivity index (χ3v) is 10.5. The van der Waals surface area contributed by atoms with Crippen molar-refractivity contribution in [3.63, 3.8) is 0 Å². The lowest BCUT2D eigenvalue weighted by molar-refractivity contribution is -0.142. The van der Waals surface area contributed by atoms with Crippen LogP contribution in [0.2, 0.25) is 0 Å². The van der Waals surface area contributed by atoms with Crippen LogP contribution in [-0.2, 0) is 43.2 Å². The highest BCUT2D eigenvalue weighted by molar-refractivity contribution is 5.98. The van der Waals surface area contributed by atoms with E-state index in [1.54, 1.807) is 0 Å². The molecule has 1 saturated heterocycles. The molecule has 1 fully saturated rings. The Morgan fingerprint density at radius 1 is 0.750 bits per heavy atom. The molecule has 18 N–H and O–H groups in total. The number of nitrogens with two attached hydrogens (primary N) is 4. The van der Waals surface area contributed by atoms with Crippen molar-refractivity contribution < 1.29 is 62.6 Å². The number of aliphatic hydroxyl groups excluding tert-OH is 2. The predicted octanol–water partition coefficient (Wildman–Crippen LogP) is -6.72. The number of amides is 10. The molecule has 0 unspecified atom stereocenters. The van der Waals surface area contributed by atoms with Crippen LogP contribution in [0.5, 0.6) is 0 Å². The summed E-state index contributed by atoms with van der Waals surface area (Å²) in [6, 6.07) is -11.5. The van der Waals surface area contributed by atoms with Gasteiger partial charge in [-0.25, -0.2) is 4.98 Å². The van der Waals surface area contributed by atoms with E-state index in [0.717, 1.165) is 6.39 Å². The third-order valence-electron chi connectivity index (χ3n) is 10.5. The Bertz CT molecular complexity index is 1940. The molecule has 2 heterocycles. The quantitative estimate of drug-likeness (QED) is 0.0211. The fourth-order valence-corrected chi connectivity index (χ4v) is 6.59. The van der Waals surface area contributed by atoms with Gasteiger partial charge in [0.2, 0.25) is 58.9 Å². The van der Waals surface area contributed by atoms with Crippen LogP contribution in [0, 0.1) is 0 Å². The van der Waals surface area contributed by atoms with Crippen LogP contribution in [0.3, 0.4) is 0 Å². The van der Waals surface area contributed by atoms with Crippen LogP contribution in [-0.4, -0.2) is 172 Å². The first-order valence-electron chi connectivity index (χ1n) is 22.0. The maximum atomic E-state index is 13.9. The van der Waals surface area contributed by atoms with E-state index in [2.05, 4.69) is 52.5 Å². The maximum Gasteiger partial charge on any atom is 0.288 e. The predicted molar refractivity (Wildman–Crippen MR) is 239 cm³/mol. The number of carbonyl (C=O) groups is 10. The van der Waals surface area contributed by atoms with E-state index in [0.29, 0.717) is 6.42 Å². The summed E-state index contributed by atoms with van der Waals surface area (Å²) in [6.07, 6.45) is 2.07. The second-order valence-electron chi connectivity index (χ2n) is 16.2. The number of aliphatic hydroxyl groups is 2. The number of primary amides is 1. The maximum absolute atomic E-state index is 13.9. The van der Waals surface area contributed by atoms with Gasteiger partial charge in [-0.1, -0.05) is 0 Å². The number of aliphatic imine (C=N–C) groups is 1. The number of nitrogens with zero attached hydrogens (tertiary/aromatic N) is 3. The van der Waals surface area contributed by atoms with Gasteiger partial charge in [-0.3, -0.25) is 52.9 Å². The molecule has 68 heavy (non-hydrogen) atoms. The highest BCUT2D eigenvalue weighted by Gasteiger charge is 2.39. The van der Waals surface area contributed by atoms with Gasteiger partial charge in [0, 0.05) is 19.6 Å². The normalized spacial score (nSPS) is 17.2. The molecule has 1 aliphatic heterocycles. The number of rotatable bonds is 28. The zero-order valence-electron chi connectivity index (χ0n) is 38.7. The van der Waals surface area contributed by atoms with Gasteiger partial charge in [-0.2, -0.15) is 0 Å². The number of likely N-dealkylation sites (tertiary alicyclic amines) is 1. The molecule has 0 radical (unpaired) electrons. The molecule has 2 rings (SSSR count). The summed E-state index contributed by atoms with van der Waals surface area (Å²) in [4.78, 5) is 139. The monoisotopic (exact) mass is 966 g/mol. The first kappa shape index (κ1) is 57.2. The first-order valence-corrected chi connectivity index (χ1v) is 22.0. The molecule has 0 bridgehead atoms. The summed E-state index contributed by atoms with van der Waals surface area (Å²) in [7, 11) is 0. The van der Waals surface area contributed by atoms with Crippen LogP contribution in [0.25, 0.3) is 0 Å². The Labute approximate surface area is 392 Å². The number of unbranched alkanes of at least 4 members (excludes halogenated alkanes) is 1. The average Bonchev–Trinajstić information content (AvgIpc) is 4.01. The number of oxazole rings is 1. The second-order valence-corrected chi connectivity index (χ2v) is 16.2. The van der Waals surface area contributed by atoms with Crippen molar-refractivity contribution in [1.29, 1.82) is 0 Å². The number of hydrogen-bond donors (Lipinski definition) is 14. The van der Waals surface area contributed by atoms with Crippen molar-refractivity contribution in [2.75, 3.05) is 26.2 Å². The minimum absolute atomic E-state index is 0.0351. The molecular weight excluding hydrogens is 899 g/mol. The van der Waals surface area contributed by atoms with Gasteiger partial charge >= 0.3 is 0 Å². The SMILES string of the molecule is C[C@H](N)C(=O)N[C@@H](C)C(=O)N[C@@H](CCCN=C(N)N)C(=O)N[C@@H](CCCCNC(=O)c1cnco1)C(=O)N[C@@H](CO)C(=O)N[C@@H](C)C(=O)N1CCC[C@H]1C(=O)N[C@@H](C)C(=O)N[C@H](C(N)=O)[C@@H](C)O. The lowest BCUT2D eigenvalue weighted by atomic mass is 10.1. The van der Waals surface area contributed by atoms with E-state index >= 15 is 0 Å². The molecule has 28 nitrogen and oxygen atoms in total. The van der Waals surface area contributed by atoms with Gasteiger partial charge in [0.25, 0.3) is 5.91 Å². The summed E-state index contributed by atoms with van der Waals surface area (Å²) < 4.78 is 4.97. The lowest BCUT2D eigenvalue weighted by Crippen LogP contribution is -2.60. The molecule has 10 atom stereocenters. The number of hydrogen-bond acceptors (Lipinski definition) is 16. The number of guanidine groups is 1. The van der Waals surface area contributed by atoms with Crippen molar-refractivity contribution in [3.8, 4) is 0 Å². The molecule has 28 heteroatoms. The fourth-order valence-electron chi connectivity index (χ4n) is 6.59. The third kappa shape index (κ3) is 18.7. The zero-order valence-corrected chi connectivity index (χ0v) is 38.7. The molecule has 1 aromatic heterocycles. The molecule has 0 spiro atoms. The lowest BCUT2D eigenvalue weighted by Gasteiger charge is -2.29. The van der Waals surface area contributed by atoms with Gasteiger partial charge in [0.05, 0.1) is 24.9 Å². The topological polar surface area (TPSA) is 453 Å². The Morgan fingerprint density at radius 2 is 1.31 bits per heavy atom. The molecule has 1 aromatic rings. The number of aromatic nitrogens is 1. The first-order chi connectivity index (χ1) is 32.0. The molecule has 380 valence electrons. The van der Waals surface area contributed by atoms with Gasteiger partial charge in [0.15, 0.2) is 12.4 Å². The van der Waals surface area contributed by atoms with Crippen molar-refractivity contribution in [1.82, 2.24) is 52.4 Å². The smallest absolute Gasteiger partial charge is 0.288 e. The van der Waals surface area contributed by atoms with E-state index in [1.807, 2.05) is 0 Å². The largest absolute Gasteiger partial charge is 0.438 e. The summed E-state index contributed by atoms with van der Waals surface area (Å²) >= 11 is 0. The number of carbonyl (C=O) groups excluding carboxylic acids is 10. The second kappa shape index (κ2) is 28.3. The summed E-state index contributed by atoms with van der Waals surface area (Å²) in [5, 5.41) is 39.7. The van der Waals surface area contributed by atoms with Crippen LogP contribution in [0.4, 0.5) is 0 Å². The van der Waals surface area contributed by atoms with Gasteiger partial charge in [0.1, 0.15) is 48.3 Å². The van der Waals surface area contributed by atoms with Crippen molar-refractivity contribution in [2.45, 2.75) is 140 Å². The highest BCUT2D eigenvalue weighted by Crippen LogP contribution is 2.19. The summed E-state index contributed by atoms with van der Waals surface area (Å²) in [5.41, 5.74) is 21.7. The Hall–Kier alpha value is -6.94. The van der Waals surface area contributed by atoms with Crippen LogP contribution >= 0.6 is 0 Å². The zero-order chi connectivity index (χ0) is 51.2. The fraction of sp³-hybridized carbons (Fsp3) is 0.650. The van der Waals surface area contributed by atoms with E-state index in [4.69, 9.17) is 27.4 Å². The Morgan fingerprint density at radius 3 is 1.87 bits per heavy atom. The molecule has 0 saturated carbocycles. The van der Waals surface area contributed by atoms with Crippen molar-refractivity contribution in [3.05, 3.63) is 18.4 Å².